The first-order chi connectivity index (χ1) is 22.6. The fourth-order valence-electron chi connectivity index (χ4n) is 5.91. The number of hydrogen-bond donors (Lipinski definition) is 7. The van der Waals surface area contributed by atoms with E-state index in [2.05, 4.69) is 21.3 Å². The Morgan fingerprint density at radius 1 is 0.574 bits per heavy atom. The number of carbonyl (C=O) groups is 5. The standard InChI is InChI=1S/C35H36N4O8/c40-18-29(33(44)36-27-11-9-20-5-1-3-7-22(20)16-27)38-31(42)24-13-25(15-26(14-24)35(46)47)32(43)39-30(19-41)34(45)37-28-12-10-21-6-2-4-8-23(21)17-28/h1-12,16-17,24-26,29-30,40-41H,13-15,18-19H2,(H,36,44)(H,37,45)(H,38,42)(H,39,43)(H,46,47)/t24-,25+,26-,29-,30-/m0/s1. The topological polar surface area (TPSA) is 194 Å². The van der Waals surface area contributed by atoms with E-state index in [1.165, 1.54) is 0 Å². The molecule has 4 aromatic carbocycles. The van der Waals surface area contributed by atoms with E-state index in [9.17, 15) is 39.3 Å². The van der Waals surface area contributed by atoms with Crippen LogP contribution in [0, 0.1) is 17.8 Å². The highest BCUT2D eigenvalue weighted by Gasteiger charge is 2.40. The molecule has 0 radical (unpaired) electrons. The molecule has 12 heteroatoms. The van der Waals surface area contributed by atoms with Crippen molar-refractivity contribution in [2.75, 3.05) is 23.8 Å². The molecular weight excluding hydrogens is 604 g/mol. The first-order valence-electron chi connectivity index (χ1n) is 15.3. The quantitative estimate of drug-likeness (QED) is 0.130. The van der Waals surface area contributed by atoms with E-state index in [1.54, 1.807) is 24.3 Å². The van der Waals surface area contributed by atoms with E-state index in [0.29, 0.717) is 11.4 Å². The number of nitrogens with one attached hydrogen (secondary N) is 4. The van der Waals surface area contributed by atoms with Crippen LogP contribution in [0.25, 0.3) is 21.5 Å². The highest BCUT2D eigenvalue weighted by Crippen LogP contribution is 2.34. The van der Waals surface area contributed by atoms with Crippen LogP contribution in [0.1, 0.15) is 19.3 Å². The zero-order valence-electron chi connectivity index (χ0n) is 25.4. The van der Waals surface area contributed by atoms with Gasteiger partial charge in [0.05, 0.1) is 19.1 Å². The maximum absolute atomic E-state index is 13.3. The molecule has 4 amide bonds. The first-order valence-corrected chi connectivity index (χ1v) is 15.3. The van der Waals surface area contributed by atoms with Crippen LogP contribution < -0.4 is 21.3 Å². The molecule has 0 heterocycles. The van der Waals surface area contributed by atoms with E-state index in [4.69, 9.17) is 0 Å². The van der Waals surface area contributed by atoms with Gasteiger partial charge in [-0.25, -0.2) is 0 Å². The molecule has 5 atom stereocenters. The summed E-state index contributed by atoms with van der Waals surface area (Å²) in [5, 5.41) is 43.7. The predicted octanol–water partition coefficient (Wildman–Crippen LogP) is 2.64. The molecule has 0 aliphatic heterocycles. The number of hydrogen-bond acceptors (Lipinski definition) is 7. The predicted molar refractivity (Wildman–Crippen MR) is 175 cm³/mol. The molecule has 12 nitrogen and oxygen atoms in total. The van der Waals surface area contributed by atoms with Gasteiger partial charge in [0, 0.05) is 23.2 Å². The van der Waals surface area contributed by atoms with Gasteiger partial charge in [-0.2, -0.15) is 0 Å². The number of benzene rings is 4. The van der Waals surface area contributed by atoms with Gasteiger partial charge in [-0.1, -0.05) is 60.7 Å². The molecular formula is C35H36N4O8. The van der Waals surface area contributed by atoms with Crippen molar-refractivity contribution in [3.05, 3.63) is 84.9 Å². The fraction of sp³-hybridized carbons (Fsp3) is 0.286. The number of anilines is 2. The van der Waals surface area contributed by atoms with Gasteiger partial charge < -0.3 is 36.6 Å². The van der Waals surface area contributed by atoms with Gasteiger partial charge >= 0.3 is 5.97 Å². The number of aliphatic hydroxyl groups excluding tert-OH is 2. The molecule has 1 saturated carbocycles. The highest BCUT2D eigenvalue weighted by atomic mass is 16.4. The normalized spacial score (nSPS) is 18.9. The number of aliphatic hydroxyl groups is 2. The average Bonchev–Trinajstić information content (AvgIpc) is 3.08. The number of amides is 4. The van der Waals surface area contributed by atoms with Gasteiger partial charge in [-0.3, -0.25) is 24.0 Å². The van der Waals surface area contributed by atoms with E-state index in [-0.39, 0.29) is 19.3 Å². The molecule has 0 unspecified atom stereocenters. The summed E-state index contributed by atoms with van der Waals surface area (Å²) in [7, 11) is 0. The number of carboxylic acid groups (broad SMARTS) is 1. The third-order valence-electron chi connectivity index (χ3n) is 8.46. The molecule has 244 valence electrons. The summed E-state index contributed by atoms with van der Waals surface area (Å²) in [6, 6.07) is 23.0. The van der Waals surface area contributed by atoms with Crippen LogP contribution in [0.4, 0.5) is 11.4 Å². The van der Waals surface area contributed by atoms with Crippen LogP contribution >= 0.6 is 0 Å². The largest absolute Gasteiger partial charge is 0.481 e. The summed E-state index contributed by atoms with van der Waals surface area (Å²) >= 11 is 0. The van der Waals surface area contributed by atoms with Crippen molar-refractivity contribution >= 4 is 62.5 Å². The lowest BCUT2D eigenvalue weighted by atomic mass is 9.74. The lowest BCUT2D eigenvalue weighted by Crippen LogP contribution is -2.52. The van der Waals surface area contributed by atoms with Crippen molar-refractivity contribution in [3.8, 4) is 0 Å². The SMILES string of the molecule is O=C(O)[C@H]1C[C@@H](C(=O)N[C@@H](CO)C(=O)Nc2ccc3ccccc3c2)C[C@@H](C(=O)N[C@@H](CO)C(=O)Nc2ccc3ccccc3c2)C1. The molecule has 4 aromatic rings. The van der Waals surface area contributed by atoms with Crippen LogP contribution in [0.3, 0.4) is 0 Å². The molecule has 1 aliphatic carbocycles. The van der Waals surface area contributed by atoms with Crippen molar-refractivity contribution in [1.29, 1.82) is 0 Å². The number of carboxylic acids is 1. The highest BCUT2D eigenvalue weighted by molar-refractivity contribution is 6.00. The minimum absolute atomic E-state index is 0.0592. The maximum Gasteiger partial charge on any atom is 0.306 e. The fourth-order valence-corrected chi connectivity index (χ4v) is 5.91. The van der Waals surface area contributed by atoms with Crippen molar-refractivity contribution in [2.45, 2.75) is 31.3 Å². The van der Waals surface area contributed by atoms with Crippen LogP contribution in [0.2, 0.25) is 0 Å². The Balaban J connectivity index is 1.21. The minimum Gasteiger partial charge on any atom is -0.481 e. The van der Waals surface area contributed by atoms with Gasteiger partial charge in [-0.05, 0) is 65.1 Å². The maximum atomic E-state index is 13.3. The Hall–Kier alpha value is -5.33. The van der Waals surface area contributed by atoms with Crippen LogP contribution in [-0.2, 0) is 24.0 Å². The number of fused-ring (bicyclic) bond motifs is 2. The van der Waals surface area contributed by atoms with Crippen molar-refractivity contribution < 1.29 is 39.3 Å². The molecule has 1 aliphatic rings. The van der Waals surface area contributed by atoms with Crippen molar-refractivity contribution in [1.82, 2.24) is 10.6 Å². The molecule has 7 N–H and O–H groups in total. The zero-order chi connectivity index (χ0) is 33.5. The summed E-state index contributed by atoms with van der Waals surface area (Å²) in [5.41, 5.74) is 0.926. The van der Waals surface area contributed by atoms with Crippen molar-refractivity contribution in [3.63, 3.8) is 0 Å². The summed E-state index contributed by atoms with van der Waals surface area (Å²) in [4.78, 5) is 64.5. The van der Waals surface area contributed by atoms with Crippen LogP contribution in [-0.4, -0.2) is 70.2 Å². The van der Waals surface area contributed by atoms with Gasteiger partial charge in [0.2, 0.25) is 23.6 Å². The van der Waals surface area contributed by atoms with Gasteiger partial charge in [0.25, 0.3) is 0 Å². The molecule has 5 rings (SSSR count). The third-order valence-corrected chi connectivity index (χ3v) is 8.46. The molecule has 0 saturated heterocycles. The Kier molecular flexibility index (Phi) is 10.4. The molecule has 0 spiro atoms. The van der Waals surface area contributed by atoms with E-state index in [1.807, 2.05) is 60.7 Å². The summed E-state index contributed by atoms with van der Waals surface area (Å²) in [6.45, 7) is -1.43. The second-order valence-electron chi connectivity index (χ2n) is 11.7. The smallest absolute Gasteiger partial charge is 0.306 e. The lowest BCUT2D eigenvalue weighted by molar-refractivity contribution is -0.147. The van der Waals surface area contributed by atoms with Gasteiger partial charge in [0.15, 0.2) is 0 Å². The molecule has 1 fully saturated rings. The van der Waals surface area contributed by atoms with Gasteiger partial charge in [0.1, 0.15) is 12.1 Å². The Morgan fingerprint density at radius 3 is 1.34 bits per heavy atom. The number of carbonyl (C=O) groups excluding carboxylic acids is 4. The van der Waals surface area contributed by atoms with Crippen LogP contribution in [0.15, 0.2) is 84.9 Å². The number of rotatable bonds is 11. The van der Waals surface area contributed by atoms with Crippen LogP contribution in [0.5, 0.6) is 0 Å². The first kappa shape index (κ1) is 33.0. The summed E-state index contributed by atoms with van der Waals surface area (Å²) in [5.74, 6) is -6.89. The number of aliphatic carboxylic acids is 1. The van der Waals surface area contributed by atoms with Gasteiger partial charge in [-0.15, -0.1) is 0 Å². The van der Waals surface area contributed by atoms with E-state index >= 15 is 0 Å². The Bertz CT molecular complexity index is 1690. The Morgan fingerprint density at radius 2 is 0.957 bits per heavy atom. The van der Waals surface area contributed by atoms with E-state index in [0.717, 1.165) is 21.5 Å². The minimum atomic E-state index is -1.33. The monoisotopic (exact) mass is 640 g/mol. The second kappa shape index (κ2) is 14.8. The molecule has 0 bridgehead atoms. The van der Waals surface area contributed by atoms with E-state index < -0.39 is 72.6 Å². The lowest BCUT2D eigenvalue weighted by Gasteiger charge is -2.33. The summed E-state index contributed by atoms with van der Waals surface area (Å²) < 4.78 is 0. The molecule has 0 aromatic heterocycles. The molecule has 47 heavy (non-hydrogen) atoms. The third kappa shape index (κ3) is 8.10. The second-order valence-corrected chi connectivity index (χ2v) is 11.7. The average molecular weight is 641 g/mol. The Labute approximate surface area is 270 Å². The summed E-state index contributed by atoms with van der Waals surface area (Å²) in [6.07, 6.45) is -0.223. The van der Waals surface area contributed by atoms with Crippen molar-refractivity contribution in [2.24, 2.45) is 17.8 Å². The zero-order valence-corrected chi connectivity index (χ0v) is 25.4.